The molecule has 0 aliphatic rings. The summed E-state index contributed by atoms with van der Waals surface area (Å²) in [6.45, 7) is 5.77. The number of ether oxygens (including phenoxy) is 1. The molecule has 116 valence electrons. The van der Waals surface area contributed by atoms with Crippen LogP contribution in [0.15, 0.2) is 42.5 Å². The Morgan fingerprint density at radius 2 is 2.00 bits per heavy atom. The summed E-state index contributed by atoms with van der Waals surface area (Å²) in [5.74, 6) is 0.402. The van der Waals surface area contributed by atoms with Gasteiger partial charge in [0.25, 0.3) is 5.91 Å². The van der Waals surface area contributed by atoms with Crippen LogP contribution in [0.25, 0.3) is 0 Å². The number of carbonyl (C=O) groups excluding carboxylic acids is 1. The Kier molecular flexibility index (Phi) is 5.45. The van der Waals surface area contributed by atoms with Crippen molar-refractivity contribution in [3.05, 3.63) is 58.6 Å². The monoisotopic (exact) mass is 317 g/mol. The Labute approximate surface area is 136 Å². The van der Waals surface area contributed by atoms with Crippen LogP contribution in [0.5, 0.6) is 5.75 Å². The standard InChI is InChI=1S/C18H20ClNO2/c1-4-14-8-5-7-12(2)17(14)20-18(21)13(3)22-16-10-6-9-15(19)11-16/h5-11,13H,4H2,1-3H3,(H,20,21)/t13-/m0/s1. The molecule has 1 amide bonds. The first-order chi connectivity index (χ1) is 10.5. The van der Waals surface area contributed by atoms with E-state index in [2.05, 4.69) is 12.2 Å². The average molecular weight is 318 g/mol. The lowest BCUT2D eigenvalue weighted by Gasteiger charge is -2.17. The van der Waals surface area contributed by atoms with E-state index in [-0.39, 0.29) is 5.91 Å². The Hall–Kier alpha value is -2.00. The lowest BCUT2D eigenvalue weighted by Crippen LogP contribution is -2.30. The molecule has 0 saturated heterocycles. The minimum absolute atomic E-state index is 0.177. The van der Waals surface area contributed by atoms with E-state index in [9.17, 15) is 4.79 Å². The lowest BCUT2D eigenvalue weighted by molar-refractivity contribution is -0.122. The van der Waals surface area contributed by atoms with E-state index in [1.54, 1.807) is 31.2 Å². The molecule has 0 aliphatic heterocycles. The van der Waals surface area contributed by atoms with Crippen LogP contribution < -0.4 is 10.1 Å². The Balaban J connectivity index is 2.09. The van der Waals surface area contributed by atoms with Crippen LogP contribution in [-0.4, -0.2) is 12.0 Å². The number of carbonyl (C=O) groups is 1. The van der Waals surface area contributed by atoms with E-state index < -0.39 is 6.10 Å². The molecule has 0 heterocycles. The van der Waals surface area contributed by atoms with E-state index in [0.717, 1.165) is 23.2 Å². The first-order valence-electron chi connectivity index (χ1n) is 7.33. The molecule has 0 spiro atoms. The molecule has 2 aromatic carbocycles. The van der Waals surface area contributed by atoms with Crippen LogP contribution in [0.2, 0.25) is 5.02 Å². The third-order valence-electron chi connectivity index (χ3n) is 3.47. The fourth-order valence-electron chi connectivity index (χ4n) is 2.22. The third-order valence-corrected chi connectivity index (χ3v) is 3.70. The van der Waals surface area contributed by atoms with Gasteiger partial charge in [-0.2, -0.15) is 0 Å². The van der Waals surface area contributed by atoms with E-state index in [0.29, 0.717) is 10.8 Å². The molecule has 0 radical (unpaired) electrons. The number of rotatable bonds is 5. The lowest BCUT2D eigenvalue weighted by atomic mass is 10.1. The van der Waals surface area contributed by atoms with Crippen molar-refractivity contribution < 1.29 is 9.53 Å². The van der Waals surface area contributed by atoms with Crippen molar-refractivity contribution in [2.75, 3.05) is 5.32 Å². The van der Waals surface area contributed by atoms with Crippen LogP contribution in [0.4, 0.5) is 5.69 Å². The summed E-state index contributed by atoms with van der Waals surface area (Å²) in [5.41, 5.74) is 3.03. The molecule has 22 heavy (non-hydrogen) atoms. The number of aryl methyl sites for hydroxylation is 2. The van der Waals surface area contributed by atoms with Gasteiger partial charge in [0.05, 0.1) is 0 Å². The summed E-state index contributed by atoms with van der Waals surface area (Å²) >= 11 is 5.92. The summed E-state index contributed by atoms with van der Waals surface area (Å²) in [7, 11) is 0. The maximum Gasteiger partial charge on any atom is 0.265 e. The topological polar surface area (TPSA) is 38.3 Å². The molecule has 0 aromatic heterocycles. The summed E-state index contributed by atoms with van der Waals surface area (Å²) in [4.78, 5) is 12.4. The summed E-state index contributed by atoms with van der Waals surface area (Å²) in [6.07, 6.45) is 0.253. The quantitative estimate of drug-likeness (QED) is 0.874. The van der Waals surface area contributed by atoms with Crippen molar-refractivity contribution in [2.45, 2.75) is 33.3 Å². The number of benzene rings is 2. The van der Waals surface area contributed by atoms with Crippen molar-refractivity contribution in [3.8, 4) is 5.75 Å². The van der Waals surface area contributed by atoms with Gasteiger partial charge in [-0.3, -0.25) is 4.79 Å². The molecule has 0 saturated carbocycles. The van der Waals surface area contributed by atoms with E-state index in [1.807, 2.05) is 25.1 Å². The second kappa shape index (κ2) is 7.32. The van der Waals surface area contributed by atoms with Crippen molar-refractivity contribution in [1.82, 2.24) is 0 Å². The smallest absolute Gasteiger partial charge is 0.265 e. The number of anilines is 1. The zero-order valence-corrected chi connectivity index (χ0v) is 13.8. The molecule has 0 unspecified atom stereocenters. The van der Waals surface area contributed by atoms with Crippen molar-refractivity contribution in [2.24, 2.45) is 0 Å². The molecule has 3 nitrogen and oxygen atoms in total. The first kappa shape index (κ1) is 16.4. The van der Waals surface area contributed by atoms with Gasteiger partial charge in [-0.15, -0.1) is 0 Å². The predicted octanol–water partition coefficient (Wildman–Crippen LogP) is 4.62. The van der Waals surface area contributed by atoms with Gasteiger partial charge in [-0.1, -0.05) is 42.8 Å². The van der Waals surface area contributed by atoms with Gasteiger partial charge in [0.15, 0.2) is 6.10 Å². The van der Waals surface area contributed by atoms with Crippen LogP contribution in [0, 0.1) is 6.92 Å². The molecule has 0 bridgehead atoms. The van der Waals surface area contributed by atoms with E-state index in [4.69, 9.17) is 16.3 Å². The Morgan fingerprint density at radius 1 is 1.27 bits per heavy atom. The Bertz CT molecular complexity index is 670. The summed E-state index contributed by atoms with van der Waals surface area (Å²) in [6, 6.07) is 13.0. The van der Waals surface area contributed by atoms with Crippen LogP contribution >= 0.6 is 11.6 Å². The molecule has 2 aromatic rings. The first-order valence-corrected chi connectivity index (χ1v) is 7.70. The maximum atomic E-state index is 12.4. The maximum absolute atomic E-state index is 12.4. The zero-order chi connectivity index (χ0) is 16.1. The van der Waals surface area contributed by atoms with Crippen molar-refractivity contribution >= 4 is 23.2 Å². The van der Waals surface area contributed by atoms with E-state index >= 15 is 0 Å². The minimum Gasteiger partial charge on any atom is -0.481 e. The van der Waals surface area contributed by atoms with Crippen molar-refractivity contribution in [1.29, 1.82) is 0 Å². The molecule has 4 heteroatoms. The van der Waals surface area contributed by atoms with Gasteiger partial charge in [-0.05, 0) is 49.6 Å². The van der Waals surface area contributed by atoms with Crippen molar-refractivity contribution in [3.63, 3.8) is 0 Å². The number of amides is 1. The van der Waals surface area contributed by atoms with Gasteiger partial charge in [0, 0.05) is 10.7 Å². The highest BCUT2D eigenvalue weighted by molar-refractivity contribution is 6.30. The van der Waals surface area contributed by atoms with Crippen LogP contribution in [0.1, 0.15) is 25.0 Å². The highest BCUT2D eigenvalue weighted by Gasteiger charge is 2.17. The Morgan fingerprint density at radius 3 is 2.68 bits per heavy atom. The van der Waals surface area contributed by atoms with Gasteiger partial charge in [-0.25, -0.2) is 0 Å². The zero-order valence-electron chi connectivity index (χ0n) is 13.0. The van der Waals surface area contributed by atoms with Gasteiger partial charge >= 0.3 is 0 Å². The average Bonchev–Trinajstić information content (AvgIpc) is 2.49. The number of nitrogens with one attached hydrogen (secondary N) is 1. The highest BCUT2D eigenvalue weighted by Crippen LogP contribution is 2.22. The predicted molar refractivity (Wildman–Crippen MR) is 90.7 cm³/mol. The van der Waals surface area contributed by atoms with Crippen LogP contribution in [-0.2, 0) is 11.2 Å². The normalized spacial score (nSPS) is 11.8. The second-order valence-electron chi connectivity index (χ2n) is 5.17. The molecule has 1 N–H and O–H groups in total. The van der Waals surface area contributed by atoms with Gasteiger partial charge in [0.2, 0.25) is 0 Å². The number of para-hydroxylation sites is 1. The highest BCUT2D eigenvalue weighted by atomic mass is 35.5. The minimum atomic E-state index is -0.609. The molecule has 0 fully saturated rings. The molecule has 0 aliphatic carbocycles. The molecular formula is C18H20ClNO2. The summed E-state index contributed by atoms with van der Waals surface area (Å²) < 4.78 is 5.65. The SMILES string of the molecule is CCc1cccc(C)c1NC(=O)[C@H](C)Oc1cccc(Cl)c1. The molecular weight excluding hydrogens is 298 g/mol. The fraction of sp³-hybridized carbons (Fsp3) is 0.278. The fourth-order valence-corrected chi connectivity index (χ4v) is 2.41. The summed E-state index contributed by atoms with van der Waals surface area (Å²) in [5, 5.41) is 3.55. The molecule has 2 rings (SSSR count). The van der Waals surface area contributed by atoms with E-state index in [1.165, 1.54) is 0 Å². The second-order valence-corrected chi connectivity index (χ2v) is 5.61. The number of halogens is 1. The largest absolute Gasteiger partial charge is 0.481 e. The number of hydrogen-bond acceptors (Lipinski definition) is 2. The van der Waals surface area contributed by atoms with Gasteiger partial charge in [0.1, 0.15) is 5.75 Å². The molecule has 1 atom stereocenters. The third kappa shape index (κ3) is 4.01. The number of hydrogen-bond donors (Lipinski definition) is 1. The van der Waals surface area contributed by atoms with Crippen LogP contribution in [0.3, 0.4) is 0 Å². The van der Waals surface area contributed by atoms with Gasteiger partial charge < -0.3 is 10.1 Å².